The van der Waals surface area contributed by atoms with Gasteiger partial charge in [0.2, 0.25) is 0 Å². The van der Waals surface area contributed by atoms with E-state index < -0.39 is 0 Å². The highest BCUT2D eigenvalue weighted by molar-refractivity contribution is 7.99. The third kappa shape index (κ3) is 4.91. The molecule has 35 heavy (non-hydrogen) atoms. The number of hydrogen-bond acceptors (Lipinski definition) is 5. The van der Waals surface area contributed by atoms with E-state index in [9.17, 15) is 0 Å². The summed E-state index contributed by atoms with van der Waals surface area (Å²) in [5, 5.41) is 10.3. The Bertz CT molecular complexity index is 1290. The van der Waals surface area contributed by atoms with E-state index in [-0.39, 0.29) is 5.38 Å². The highest BCUT2D eigenvalue weighted by atomic mass is 35.5. The van der Waals surface area contributed by atoms with Gasteiger partial charge in [-0.2, -0.15) is 5.10 Å². The fraction of sp³-hybridized carbons (Fsp3) is 0.393. The van der Waals surface area contributed by atoms with E-state index in [1.165, 1.54) is 44.9 Å². The fourth-order valence-corrected chi connectivity index (χ4v) is 7.31. The Labute approximate surface area is 215 Å². The van der Waals surface area contributed by atoms with Gasteiger partial charge in [-0.1, -0.05) is 73.1 Å². The van der Waals surface area contributed by atoms with Crippen LogP contribution in [0.1, 0.15) is 55.9 Å². The zero-order valence-corrected chi connectivity index (χ0v) is 21.3. The van der Waals surface area contributed by atoms with E-state index in [4.69, 9.17) is 21.6 Å². The lowest BCUT2D eigenvalue weighted by molar-refractivity contribution is 0.310. The molecule has 1 N–H and O–H groups in total. The third-order valence-electron chi connectivity index (χ3n) is 7.60. The zero-order valence-electron chi connectivity index (χ0n) is 19.7. The Morgan fingerprint density at radius 1 is 1.00 bits per heavy atom. The smallest absolute Gasteiger partial charge is 0.191 e. The Morgan fingerprint density at radius 2 is 1.74 bits per heavy atom. The largest absolute Gasteiger partial charge is 0.339 e. The summed E-state index contributed by atoms with van der Waals surface area (Å²) in [6.45, 7) is 0.549. The molecule has 7 heteroatoms. The van der Waals surface area contributed by atoms with Crippen molar-refractivity contribution in [3.8, 4) is 0 Å². The maximum Gasteiger partial charge on any atom is 0.191 e. The van der Waals surface area contributed by atoms with Gasteiger partial charge in [-0.05, 0) is 55.2 Å². The number of halogens is 1. The molecule has 2 saturated carbocycles. The van der Waals surface area contributed by atoms with E-state index in [0.29, 0.717) is 17.2 Å². The summed E-state index contributed by atoms with van der Waals surface area (Å²) < 4.78 is 1.93. The van der Waals surface area contributed by atoms with Crippen LogP contribution in [-0.2, 0) is 6.54 Å². The van der Waals surface area contributed by atoms with Crippen molar-refractivity contribution in [3.05, 3.63) is 72.4 Å². The summed E-state index contributed by atoms with van der Waals surface area (Å²) in [4.78, 5) is 10.00. The summed E-state index contributed by atoms with van der Waals surface area (Å²) in [6.07, 6.45) is 11.3. The number of anilines is 2. The molecule has 6 rings (SSSR count). The SMILES string of the molecule is ClC(Cn1ncc2c(Nc3ccccc3)nc(SC3CCC4(CCCC4)C3)nc21)c1ccccc1. The Balaban J connectivity index is 1.32. The minimum Gasteiger partial charge on any atom is -0.339 e. The molecule has 0 radical (unpaired) electrons. The van der Waals surface area contributed by atoms with Crippen LogP contribution in [0.15, 0.2) is 72.0 Å². The van der Waals surface area contributed by atoms with Crippen LogP contribution in [-0.4, -0.2) is 25.0 Å². The predicted molar refractivity (Wildman–Crippen MR) is 144 cm³/mol. The van der Waals surface area contributed by atoms with Gasteiger partial charge in [0.25, 0.3) is 0 Å². The first-order valence-electron chi connectivity index (χ1n) is 12.6. The lowest BCUT2D eigenvalue weighted by Gasteiger charge is -2.22. The van der Waals surface area contributed by atoms with Crippen molar-refractivity contribution in [3.63, 3.8) is 0 Å². The van der Waals surface area contributed by atoms with Gasteiger partial charge in [-0.25, -0.2) is 14.6 Å². The quantitative estimate of drug-likeness (QED) is 0.206. The molecule has 1 spiro atoms. The summed E-state index contributed by atoms with van der Waals surface area (Å²) in [7, 11) is 0. The zero-order chi connectivity index (χ0) is 23.7. The highest BCUT2D eigenvalue weighted by Crippen LogP contribution is 2.54. The molecule has 2 aromatic carbocycles. The number of aromatic nitrogens is 4. The van der Waals surface area contributed by atoms with Crippen molar-refractivity contribution in [2.24, 2.45) is 5.41 Å². The molecule has 180 valence electrons. The molecule has 0 aliphatic heterocycles. The predicted octanol–water partition coefficient (Wildman–Crippen LogP) is 7.76. The molecule has 0 saturated heterocycles. The summed E-state index contributed by atoms with van der Waals surface area (Å²) in [5.74, 6) is 0.800. The molecule has 2 atom stereocenters. The summed E-state index contributed by atoms with van der Waals surface area (Å²) in [5.41, 5.74) is 3.49. The normalized spacial score (nSPS) is 20.0. The monoisotopic (exact) mass is 503 g/mol. The fourth-order valence-electron chi connectivity index (χ4n) is 5.78. The van der Waals surface area contributed by atoms with E-state index >= 15 is 0 Å². The minimum absolute atomic E-state index is 0.187. The van der Waals surface area contributed by atoms with Crippen LogP contribution in [0.2, 0.25) is 0 Å². The maximum atomic E-state index is 6.79. The number of hydrogen-bond donors (Lipinski definition) is 1. The van der Waals surface area contributed by atoms with Gasteiger partial charge in [0.1, 0.15) is 5.82 Å². The first-order chi connectivity index (χ1) is 17.2. The van der Waals surface area contributed by atoms with E-state index in [1.54, 1.807) is 0 Å². The van der Waals surface area contributed by atoms with Gasteiger partial charge in [-0.15, -0.1) is 11.6 Å². The molecule has 2 aliphatic carbocycles. The van der Waals surface area contributed by atoms with Crippen LogP contribution >= 0.6 is 23.4 Å². The van der Waals surface area contributed by atoms with Crippen LogP contribution in [0.3, 0.4) is 0 Å². The number of para-hydroxylation sites is 1. The van der Waals surface area contributed by atoms with Crippen LogP contribution in [0, 0.1) is 5.41 Å². The number of alkyl halides is 1. The van der Waals surface area contributed by atoms with Gasteiger partial charge >= 0.3 is 0 Å². The summed E-state index contributed by atoms with van der Waals surface area (Å²) in [6, 6.07) is 20.3. The van der Waals surface area contributed by atoms with Gasteiger partial charge in [-0.3, -0.25) is 0 Å². The average Bonchev–Trinajstić information content (AvgIpc) is 3.62. The van der Waals surface area contributed by atoms with Gasteiger partial charge in [0.05, 0.1) is 23.5 Å². The molecule has 0 bridgehead atoms. The van der Waals surface area contributed by atoms with Crippen molar-refractivity contribution < 1.29 is 0 Å². The van der Waals surface area contributed by atoms with Crippen LogP contribution in [0.4, 0.5) is 11.5 Å². The first-order valence-corrected chi connectivity index (χ1v) is 13.9. The van der Waals surface area contributed by atoms with Gasteiger partial charge in [0, 0.05) is 10.9 Å². The van der Waals surface area contributed by atoms with Gasteiger partial charge in [0.15, 0.2) is 10.8 Å². The highest BCUT2D eigenvalue weighted by Gasteiger charge is 2.41. The van der Waals surface area contributed by atoms with Crippen molar-refractivity contribution in [1.82, 2.24) is 19.7 Å². The topological polar surface area (TPSA) is 55.6 Å². The Morgan fingerprint density at radius 3 is 2.51 bits per heavy atom. The number of benzene rings is 2. The standard InChI is InChI=1S/C28H30ClN5S/c29-24(20-9-3-1-4-10-20)19-34-26-23(18-30-34)25(31-21-11-5-2-6-12-21)32-27(33-26)35-22-13-16-28(17-22)14-7-8-15-28/h1-6,9-12,18,22,24H,7-8,13-17,19H2,(H,31,32,33). The molecule has 2 unspecified atom stereocenters. The van der Waals surface area contributed by atoms with Crippen molar-refractivity contribution in [2.45, 2.75) is 67.3 Å². The molecule has 0 amide bonds. The second-order valence-electron chi connectivity index (χ2n) is 9.98. The van der Waals surface area contributed by atoms with E-state index in [2.05, 4.69) is 34.7 Å². The van der Waals surface area contributed by atoms with Gasteiger partial charge < -0.3 is 5.32 Å². The number of fused-ring (bicyclic) bond motifs is 1. The molecule has 2 aliphatic rings. The molecule has 2 heterocycles. The Hall–Kier alpha value is -2.57. The molecular weight excluding hydrogens is 474 g/mol. The molecule has 4 aromatic rings. The lowest BCUT2D eigenvalue weighted by atomic mass is 9.85. The van der Waals surface area contributed by atoms with E-state index in [1.807, 2.05) is 59.0 Å². The average molecular weight is 504 g/mol. The van der Waals surface area contributed by atoms with Crippen LogP contribution in [0.5, 0.6) is 0 Å². The maximum absolute atomic E-state index is 6.79. The van der Waals surface area contributed by atoms with Crippen molar-refractivity contribution in [1.29, 1.82) is 0 Å². The molecule has 2 aromatic heterocycles. The first kappa shape index (κ1) is 22.9. The second kappa shape index (κ2) is 9.82. The lowest BCUT2D eigenvalue weighted by Crippen LogP contribution is -2.12. The summed E-state index contributed by atoms with van der Waals surface area (Å²) >= 11 is 8.63. The number of thioether (sulfide) groups is 1. The number of nitrogens with one attached hydrogen (secondary N) is 1. The van der Waals surface area contributed by atoms with Crippen LogP contribution < -0.4 is 5.32 Å². The Kier molecular flexibility index (Phi) is 6.42. The molecule has 5 nitrogen and oxygen atoms in total. The van der Waals surface area contributed by atoms with Crippen LogP contribution in [0.25, 0.3) is 11.0 Å². The number of rotatable bonds is 7. The second-order valence-corrected chi connectivity index (χ2v) is 11.8. The third-order valence-corrected chi connectivity index (χ3v) is 9.12. The van der Waals surface area contributed by atoms with Crippen molar-refractivity contribution in [2.75, 3.05) is 5.32 Å². The minimum atomic E-state index is -0.187. The molecular formula is C28H30ClN5S. The van der Waals surface area contributed by atoms with E-state index in [0.717, 1.165) is 33.3 Å². The van der Waals surface area contributed by atoms with Crippen molar-refractivity contribution >= 4 is 45.9 Å². The molecule has 2 fully saturated rings. The number of nitrogens with zero attached hydrogens (tertiary/aromatic N) is 4.